The van der Waals surface area contributed by atoms with Gasteiger partial charge in [0, 0.05) is 0 Å². The summed E-state index contributed by atoms with van der Waals surface area (Å²) in [5.74, 6) is 0. The summed E-state index contributed by atoms with van der Waals surface area (Å²) in [5.41, 5.74) is 0. The third-order valence-corrected chi connectivity index (χ3v) is 29.3. The number of hydrogen-bond donors (Lipinski definition) is 1. The first-order valence-electron chi connectivity index (χ1n) is 4.26. The van der Waals surface area contributed by atoms with E-state index in [0.717, 1.165) is 0 Å². The molecule has 1 unspecified atom stereocenters. The molecule has 0 heterocycles. The molecule has 16 heteroatoms. The Balaban J connectivity index is 6.29. The van der Waals surface area contributed by atoms with Gasteiger partial charge in [-0.25, -0.2) is 4.21 Å². The maximum Gasteiger partial charge on any atom is 0.207 e. The third-order valence-electron chi connectivity index (χ3n) is 2.12. The molecule has 0 saturated heterocycles. The molecular formula is C6HBr13O2S. The van der Waals surface area contributed by atoms with Gasteiger partial charge in [0.15, 0.2) is 13.2 Å². The molecule has 0 aromatic carbocycles. The van der Waals surface area contributed by atoms with Crippen molar-refractivity contribution in [2.75, 3.05) is 0 Å². The summed E-state index contributed by atoms with van der Waals surface area (Å²) in [7, 11) is 0. The lowest BCUT2D eigenvalue weighted by Gasteiger charge is -2.53. The van der Waals surface area contributed by atoms with Crippen molar-refractivity contribution in [2.24, 2.45) is 0 Å². The van der Waals surface area contributed by atoms with Crippen molar-refractivity contribution in [3.63, 3.8) is 0 Å². The molecule has 0 rings (SSSR count). The highest BCUT2D eigenvalue weighted by Crippen LogP contribution is 2.74. The average Bonchev–Trinajstić information content (AvgIpc) is 2.25. The van der Waals surface area contributed by atoms with Gasteiger partial charge in [0.1, 0.15) is 12.9 Å². The molecule has 0 spiro atoms. The van der Waals surface area contributed by atoms with Crippen LogP contribution in [0.25, 0.3) is 0 Å². The second-order valence-electron chi connectivity index (χ2n) is 3.56. The van der Waals surface area contributed by atoms with Crippen LogP contribution < -0.4 is 0 Å². The Bertz CT molecular complexity index is 452. The van der Waals surface area contributed by atoms with Crippen LogP contribution in [0.1, 0.15) is 0 Å². The summed E-state index contributed by atoms with van der Waals surface area (Å²) in [6.45, 7) is 0. The zero-order valence-electron chi connectivity index (χ0n) is 9.18. The molecule has 0 bridgehead atoms. The van der Waals surface area contributed by atoms with Gasteiger partial charge in [-0.05, 0) is 0 Å². The Kier molecular flexibility index (Phi) is 11.9. The van der Waals surface area contributed by atoms with Crippen molar-refractivity contribution in [3.05, 3.63) is 0 Å². The van der Waals surface area contributed by atoms with Crippen LogP contribution in [0.3, 0.4) is 0 Å². The predicted octanol–water partition coefficient (Wildman–Crippen LogP) is 9.43. The highest BCUT2D eigenvalue weighted by Gasteiger charge is 2.74. The Morgan fingerprint density at radius 2 is 0.818 bits per heavy atom. The van der Waals surface area contributed by atoms with Crippen molar-refractivity contribution in [1.29, 1.82) is 0 Å². The van der Waals surface area contributed by atoms with Crippen LogP contribution in [0, 0.1) is 0 Å². The minimum absolute atomic E-state index is 0.824. The van der Waals surface area contributed by atoms with Crippen molar-refractivity contribution in [3.8, 4) is 0 Å². The molecule has 0 aromatic rings. The van der Waals surface area contributed by atoms with Crippen molar-refractivity contribution in [1.82, 2.24) is 0 Å². The number of halogens is 13. The van der Waals surface area contributed by atoms with Crippen molar-refractivity contribution >= 4 is 218 Å². The fraction of sp³-hybridized carbons (Fsp3) is 1.00. The zero-order chi connectivity index (χ0) is 18.6. The van der Waals surface area contributed by atoms with E-state index in [4.69, 9.17) is 0 Å². The standard InChI is InChI=1S/C6HBr13O2S/c7-1(8,3(11,12)5(15,16)17)2(9,10)4(13,14)6(18,19)22(20)21/h(H,20,21). The lowest BCUT2D eigenvalue weighted by Crippen LogP contribution is -2.64. The van der Waals surface area contributed by atoms with Crippen molar-refractivity contribution < 1.29 is 8.76 Å². The second kappa shape index (κ2) is 9.23. The van der Waals surface area contributed by atoms with E-state index >= 15 is 0 Å². The lowest BCUT2D eigenvalue weighted by atomic mass is 10.2. The first-order chi connectivity index (χ1) is 9.19. The molecule has 0 aliphatic carbocycles. The molecule has 1 N–H and O–H groups in total. The first kappa shape index (κ1) is 28.4. The Morgan fingerprint density at radius 1 is 0.545 bits per heavy atom. The van der Waals surface area contributed by atoms with Gasteiger partial charge in [0.05, 0.1) is 0 Å². The Labute approximate surface area is 239 Å². The fourth-order valence-electron chi connectivity index (χ4n) is 0.865. The van der Waals surface area contributed by atoms with Crippen LogP contribution in [-0.4, -0.2) is 26.4 Å². The number of hydrogen-bond acceptors (Lipinski definition) is 1. The topological polar surface area (TPSA) is 37.3 Å². The summed E-state index contributed by atoms with van der Waals surface area (Å²) in [6.07, 6.45) is 0. The van der Waals surface area contributed by atoms with Crippen LogP contribution in [0.2, 0.25) is 0 Å². The smallest absolute Gasteiger partial charge is 0.207 e. The van der Waals surface area contributed by atoms with Gasteiger partial charge < -0.3 is 4.55 Å². The van der Waals surface area contributed by atoms with Crippen molar-refractivity contribution in [2.45, 2.75) is 17.6 Å². The van der Waals surface area contributed by atoms with Gasteiger partial charge in [0.25, 0.3) is 0 Å². The van der Waals surface area contributed by atoms with Crippen LogP contribution in [0.15, 0.2) is 0 Å². The molecule has 22 heavy (non-hydrogen) atoms. The van der Waals surface area contributed by atoms with Gasteiger partial charge in [0.2, 0.25) is 2.57 Å². The monoisotopic (exact) mass is 1160 g/mol. The van der Waals surface area contributed by atoms with Crippen LogP contribution in [-0.2, 0) is 11.1 Å². The lowest BCUT2D eigenvalue weighted by molar-refractivity contribution is 0.550. The molecule has 0 aliphatic rings. The van der Waals surface area contributed by atoms with Crippen LogP contribution in [0.5, 0.6) is 0 Å². The molecule has 0 aromatic heterocycles. The minimum Gasteiger partial charge on any atom is -0.304 e. The highest BCUT2D eigenvalue weighted by atomic mass is 80.0. The van der Waals surface area contributed by atoms with E-state index in [1.54, 1.807) is 0 Å². The number of rotatable bonds is 5. The third kappa shape index (κ3) is 5.15. The number of alkyl halides is 13. The molecule has 2 nitrogen and oxygen atoms in total. The quantitative estimate of drug-likeness (QED) is 0.220. The molecular weight excluding hydrogens is 1170 g/mol. The minimum atomic E-state index is -2.30. The van der Waals surface area contributed by atoms with Crippen LogP contribution in [0.4, 0.5) is 0 Å². The van der Waals surface area contributed by atoms with E-state index in [0.29, 0.717) is 0 Å². The first-order valence-corrected chi connectivity index (χ1v) is 15.7. The molecule has 0 aliphatic heterocycles. The zero-order valence-corrected chi connectivity index (χ0v) is 30.6. The van der Waals surface area contributed by atoms with Crippen LogP contribution >= 0.6 is 207 Å². The normalized spacial score (nSPS) is 17.5. The van der Waals surface area contributed by atoms with E-state index < -0.39 is 28.7 Å². The molecule has 0 radical (unpaired) electrons. The van der Waals surface area contributed by atoms with Gasteiger partial charge in [-0.15, -0.1) is 0 Å². The Hall–Kier alpha value is 6.35. The summed E-state index contributed by atoms with van der Waals surface area (Å²) in [5, 5.41) is 0. The molecule has 0 saturated carbocycles. The summed E-state index contributed by atoms with van der Waals surface area (Å²) < 4.78 is 14.6. The highest BCUT2D eigenvalue weighted by molar-refractivity contribution is 9.42. The summed E-state index contributed by atoms with van der Waals surface area (Å²) in [6, 6.07) is 0. The van der Waals surface area contributed by atoms with E-state index in [1.807, 2.05) is 0 Å². The predicted molar refractivity (Wildman–Crippen MR) is 143 cm³/mol. The molecule has 1 atom stereocenters. The van der Waals surface area contributed by atoms with E-state index in [1.165, 1.54) is 0 Å². The molecule has 0 amide bonds. The van der Waals surface area contributed by atoms with Gasteiger partial charge >= 0.3 is 0 Å². The average molecular weight is 1180 g/mol. The van der Waals surface area contributed by atoms with E-state index in [2.05, 4.69) is 207 Å². The second-order valence-corrected chi connectivity index (χ2v) is 29.7. The largest absolute Gasteiger partial charge is 0.304 e. The molecule has 0 fully saturated rings. The maximum absolute atomic E-state index is 11.7. The van der Waals surface area contributed by atoms with Gasteiger partial charge in [-0.2, -0.15) is 0 Å². The SMILES string of the molecule is O=S(O)C(Br)(Br)C(Br)(Br)C(Br)(Br)C(Br)(Br)C(Br)(Br)C(Br)(Br)Br. The summed E-state index contributed by atoms with van der Waals surface area (Å²) in [4.78, 5) is 0. The van der Waals surface area contributed by atoms with Gasteiger partial charge in [-0.1, -0.05) is 207 Å². The fourth-order valence-corrected chi connectivity index (χ4v) is 12.2. The van der Waals surface area contributed by atoms with Gasteiger partial charge in [-0.3, -0.25) is 0 Å². The molecule has 134 valence electrons. The maximum atomic E-state index is 11.7. The summed E-state index contributed by atoms with van der Waals surface area (Å²) >= 11 is 42.8. The van der Waals surface area contributed by atoms with E-state index in [-0.39, 0.29) is 0 Å². The Morgan fingerprint density at radius 3 is 1.05 bits per heavy atom. The van der Waals surface area contributed by atoms with E-state index in [9.17, 15) is 8.76 Å².